The molecule has 2 N–H and O–H groups in total. The van der Waals surface area contributed by atoms with Crippen molar-refractivity contribution in [3.05, 3.63) is 0 Å². The molecule has 0 aliphatic carbocycles. The molecule has 0 bridgehead atoms. The van der Waals surface area contributed by atoms with Gasteiger partial charge in [-0.1, -0.05) is 0 Å². The van der Waals surface area contributed by atoms with Crippen molar-refractivity contribution >= 4 is 11.8 Å². The lowest BCUT2D eigenvalue weighted by Crippen LogP contribution is -2.48. The van der Waals surface area contributed by atoms with Crippen molar-refractivity contribution in [3.8, 4) is 0 Å². The highest BCUT2D eigenvalue weighted by Crippen LogP contribution is 2.05. The molecule has 6 heteroatoms. The standard InChI is InChI=1S/C10H17N3O3/c1-13-2-3-16-7(6-13)5-11-8-4-9(14)12-10(8)15/h7-8,11H,2-6H2,1H3,(H,12,14,15). The maximum atomic E-state index is 11.3. The van der Waals surface area contributed by atoms with Gasteiger partial charge in [-0.15, -0.1) is 0 Å². The summed E-state index contributed by atoms with van der Waals surface area (Å²) in [5.41, 5.74) is 0. The summed E-state index contributed by atoms with van der Waals surface area (Å²) in [6.45, 7) is 3.13. The molecule has 2 unspecified atom stereocenters. The van der Waals surface area contributed by atoms with E-state index >= 15 is 0 Å². The lowest BCUT2D eigenvalue weighted by Gasteiger charge is -2.30. The minimum atomic E-state index is -0.386. The van der Waals surface area contributed by atoms with Gasteiger partial charge in [0, 0.05) is 19.6 Å². The van der Waals surface area contributed by atoms with Gasteiger partial charge in [-0.2, -0.15) is 0 Å². The largest absolute Gasteiger partial charge is 0.374 e. The molecule has 0 spiro atoms. The molecule has 2 amide bonds. The number of hydrogen-bond acceptors (Lipinski definition) is 5. The predicted octanol–water partition coefficient (Wildman–Crippen LogP) is -1.68. The first-order valence-corrected chi connectivity index (χ1v) is 5.52. The number of carbonyl (C=O) groups excluding carboxylic acids is 2. The highest BCUT2D eigenvalue weighted by molar-refractivity contribution is 6.05. The smallest absolute Gasteiger partial charge is 0.244 e. The van der Waals surface area contributed by atoms with Crippen molar-refractivity contribution in [2.75, 3.05) is 33.3 Å². The van der Waals surface area contributed by atoms with E-state index in [1.54, 1.807) is 0 Å². The summed E-state index contributed by atoms with van der Waals surface area (Å²) in [4.78, 5) is 24.4. The molecular weight excluding hydrogens is 210 g/mol. The zero-order chi connectivity index (χ0) is 11.5. The molecule has 0 aromatic heterocycles. The Balaban J connectivity index is 1.74. The lowest BCUT2D eigenvalue weighted by molar-refractivity contribution is -0.125. The minimum Gasteiger partial charge on any atom is -0.374 e. The lowest BCUT2D eigenvalue weighted by atomic mass is 10.2. The summed E-state index contributed by atoms with van der Waals surface area (Å²) in [6.07, 6.45) is 0.337. The van der Waals surface area contributed by atoms with Crippen LogP contribution in [0.25, 0.3) is 0 Å². The van der Waals surface area contributed by atoms with Crippen LogP contribution in [-0.2, 0) is 14.3 Å². The summed E-state index contributed by atoms with van der Waals surface area (Å²) >= 11 is 0. The van der Waals surface area contributed by atoms with Crippen molar-refractivity contribution in [1.29, 1.82) is 0 Å². The number of likely N-dealkylation sites (N-methyl/N-ethyl adjacent to an activating group) is 1. The Bertz CT molecular complexity index is 295. The van der Waals surface area contributed by atoms with Crippen LogP contribution in [0.5, 0.6) is 0 Å². The molecule has 6 nitrogen and oxygen atoms in total. The number of carbonyl (C=O) groups is 2. The van der Waals surface area contributed by atoms with Crippen LogP contribution in [0.4, 0.5) is 0 Å². The van der Waals surface area contributed by atoms with Gasteiger partial charge in [0.25, 0.3) is 0 Å². The van der Waals surface area contributed by atoms with Crippen LogP contribution in [0.2, 0.25) is 0 Å². The molecule has 16 heavy (non-hydrogen) atoms. The van der Waals surface area contributed by atoms with Crippen LogP contribution in [-0.4, -0.2) is 62.1 Å². The van der Waals surface area contributed by atoms with Crippen LogP contribution < -0.4 is 10.6 Å². The third-order valence-corrected chi connectivity index (χ3v) is 2.90. The van der Waals surface area contributed by atoms with Gasteiger partial charge in [0.2, 0.25) is 11.8 Å². The number of nitrogens with zero attached hydrogens (tertiary/aromatic N) is 1. The van der Waals surface area contributed by atoms with Gasteiger partial charge in [-0.05, 0) is 7.05 Å². The Hall–Kier alpha value is -0.980. The number of nitrogens with one attached hydrogen (secondary N) is 2. The summed E-state index contributed by atoms with van der Waals surface area (Å²) in [7, 11) is 2.04. The van der Waals surface area contributed by atoms with Gasteiger partial charge in [0.1, 0.15) is 0 Å². The molecule has 2 atom stereocenters. The van der Waals surface area contributed by atoms with Crippen molar-refractivity contribution in [2.24, 2.45) is 0 Å². The topological polar surface area (TPSA) is 70.7 Å². The van der Waals surface area contributed by atoms with E-state index in [0.29, 0.717) is 6.54 Å². The maximum absolute atomic E-state index is 11.3. The van der Waals surface area contributed by atoms with E-state index in [4.69, 9.17) is 4.74 Å². The van der Waals surface area contributed by atoms with Crippen LogP contribution >= 0.6 is 0 Å². The van der Waals surface area contributed by atoms with Gasteiger partial charge in [0.15, 0.2) is 0 Å². The van der Waals surface area contributed by atoms with Crippen molar-refractivity contribution < 1.29 is 14.3 Å². The summed E-state index contributed by atoms with van der Waals surface area (Å²) < 4.78 is 5.55. The average Bonchev–Trinajstić information content (AvgIpc) is 2.54. The van der Waals surface area contributed by atoms with Gasteiger partial charge in [-0.25, -0.2) is 0 Å². The Labute approximate surface area is 94.3 Å². The van der Waals surface area contributed by atoms with E-state index in [-0.39, 0.29) is 30.4 Å². The molecule has 2 fully saturated rings. The van der Waals surface area contributed by atoms with Gasteiger partial charge >= 0.3 is 0 Å². The molecule has 2 heterocycles. The monoisotopic (exact) mass is 227 g/mol. The minimum absolute atomic E-state index is 0.0993. The average molecular weight is 227 g/mol. The summed E-state index contributed by atoms with van der Waals surface area (Å²) in [5, 5.41) is 5.34. The molecule has 2 aliphatic heterocycles. The number of imide groups is 1. The number of rotatable bonds is 3. The van der Waals surface area contributed by atoms with Gasteiger partial charge in [0.05, 0.1) is 25.2 Å². The molecule has 0 aromatic rings. The summed E-state index contributed by atoms with van der Waals surface area (Å²) in [5.74, 6) is -0.432. The fourth-order valence-corrected chi connectivity index (χ4v) is 1.98. The highest BCUT2D eigenvalue weighted by Gasteiger charge is 2.30. The second-order valence-corrected chi connectivity index (χ2v) is 4.33. The van der Waals surface area contributed by atoms with E-state index in [1.807, 2.05) is 7.05 Å². The Morgan fingerprint density at radius 2 is 2.38 bits per heavy atom. The van der Waals surface area contributed by atoms with Crippen molar-refractivity contribution in [3.63, 3.8) is 0 Å². The molecular formula is C10H17N3O3. The highest BCUT2D eigenvalue weighted by atomic mass is 16.5. The molecule has 90 valence electrons. The van der Waals surface area contributed by atoms with Gasteiger partial charge < -0.3 is 15.0 Å². The predicted molar refractivity (Wildman–Crippen MR) is 56.8 cm³/mol. The molecule has 2 aliphatic rings. The number of amides is 2. The zero-order valence-electron chi connectivity index (χ0n) is 9.36. The second kappa shape index (κ2) is 4.90. The quantitative estimate of drug-likeness (QED) is 0.564. The number of ether oxygens (including phenoxy) is 1. The first kappa shape index (κ1) is 11.5. The first-order valence-electron chi connectivity index (χ1n) is 5.52. The third kappa shape index (κ3) is 2.78. The second-order valence-electron chi connectivity index (χ2n) is 4.33. The van der Waals surface area contributed by atoms with E-state index < -0.39 is 0 Å². The van der Waals surface area contributed by atoms with E-state index in [9.17, 15) is 9.59 Å². The van der Waals surface area contributed by atoms with Crippen LogP contribution in [0.15, 0.2) is 0 Å². The summed E-state index contributed by atoms with van der Waals surface area (Å²) in [6, 6.07) is -0.386. The molecule has 2 rings (SSSR count). The molecule has 0 saturated carbocycles. The molecule has 0 radical (unpaired) electrons. The Kier molecular flexibility index (Phi) is 3.52. The van der Waals surface area contributed by atoms with Crippen LogP contribution in [0.1, 0.15) is 6.42 Å². The Morgan fingerprint density at radius 3 is 3.00 bits per heavy atom. The first-order chi connectivity index (χ1) is 7.65. The van der Waals surface area contributed by atoms with E-state index in [1.165, 1.54) is 0 Å². The van der Waals surface area contributed by atoms with Crippen molar-refractivity contribution in [1.82, 2.24) is 15.5 Å². The van der Waals surface area contributed by atoms with E-state index in [0.717, 1.165) is 19.7 Å². The number of hydrogen-bond donors (Lipinski definition) is 2. The zero-order valence-corrected chi connectivity index (χ0v) is 9.36. The van der Waals surface area contributed by atoms with Crippen LogP contribution in [0, 0.1) is 0 Å². The maximum Gasteiger partial charge on any atom is 0.244 e. The fraction of sp³-hybridized carbons (Fsp3) is 0.800. The van der Waals surface area contributed by atoms with Crippen LogP contribution in [0.3, 0.4) is 0 Å². The Morgan fingerprint density at radius 1 is 1.56 bits per heavy atom. The van der Waals surface area contributed by atoms with Crippen molar-refractivity contribution in [2.45, 2.75) is 18.6 Å². The van der Waals surface area contributed by atoms with Gasteiger partial charge in [-0.3, -0.25) is 14.9 Å². The molecule has 2 saturated heterocycles. The molecule has 0 aromatic carbocycles. The SMILES string of the molecule is CN1CCOC(CNC2CC(=O)NC2=O)C1. The third-order valence-electron chi connectivity index (χ3n) is 2.90. The van der Waals surface area contributed by atoms with E-state index in [2.05, 4.69) is 15.5 Å². The normalized spacial score (nSPS) is 31.8. The number of morpholine rings is 1. The fourth-order valence-electron chi connectivity index (χ4n) is 1.98.